The van der Waals surface area contributed by atoms with Crippen LogP contribution in [-0.4, -0.2) is 31.2 Å². The molecule has 0 fully saturated rings. The van der Waals surface area contributed by atoms with Gasteiger partial charge in [-0.1, -0.05) is 34.6 Å². The van der Waals surface area contributed by atoms with Crippen LogP contribution in [0.2, 0.25) is 0 Å². The van der Waals surface area contributed by atoms with Crippen molar-refractivity contribution in [3.05, 3.63) is 51.6 Å². The average Bonchev–Trinajstić information content (AvgIpc) is 2.60. The molecule has 7 nitrogen and oxygen atoms in total. The molecule has 1 N–H and O–H groups in total. The molecule has 2 aromatic heterocycles. The van der Waals surface area contributed by atoms with Gasteiger partial charge in [-0.25, -0.2) is 15.0 Å². The second-order valence-electron chi connectivity index (χ2n) is 5.06. The molecule has 0 aliphatic heterocycles. The molecule has 0 aliphatic rings. The lowest BCUT2D eigenvalue weighted by molar-refractivity contribution is -0.116. The summed E-state index contributed by atoms with van der Waals surface area (Å²) in [5, 5.41) is 3.60. The fraction of sp³-hybridized carbons (Fsp3) is 0.188. The van der Waals surface area contributed by atoms with Gasteiger partial charge in [0, 0.05) is 16.4 Å². The standard InChI is InChI=1S/C16H14BrN5O2S/c1-2-25-16-18-7-12-14(21-16)19-9-22(15(12)24)8-13(23)20-11-5-3-10(17)4-6-11/h3-7,9H,2,8H2,1H3,(H,20,23). The fourth-order valence-electron chi connectivity index (χ4n) is 2.14. The summed E-state index contributed by atoms with van der Waals surface area (Å²) >= 11 is 4.81. The first-order valence-corrected chi connectivity index (χ1v) is 9.25. The van der Waals surface area contributed by atoms with Crippen LogP contribution in [0.15, 0.2) is 51.2 Å². The molecular formula is C16H14BrN5O2S. The Bertz CT molecular complexity index is 974. The Hall–Kier alpha value is -2.26. The van der Waals surface area contributed by atoms with Crippen molar-refractivity contribution in [2.24, 2.45) is 0 Å². The van der Waals surface area contributed by atoms with Crippen molar-refractivity contribution in [1.29, 1.82) is 0 Å². The molecule has 9 heteroatoms. The monoisotopic (exact) mass is 419 g/mol. The van der Waals surface area contributed by atoms with E-state index in [9.17, 15) is 9.59 Å². The van der Waals surface area contributed by atoms with E-state index in [0.717, 1.165) is 10.2 Å². The number of carbonyl (C=O) groups excluding carboxylic acids is 1. The lowest BCUT2D eigenvalue weighted by Crippen LogP contribution is -2.28. The number of aromatic nitrogens is 4. The lowest BCUT2D eigenvalue weighted by Gasteiger charge is -2.08. The Morgan fingerprint density at radius 3 is 2.76 bits per heavy atom. The van der Waals surface area contributed by atoms with Crippen LogP contribution >= 0.6 is 27.7 Å². The van der Waals surface area contributed by atoms with Gasteiger partial charge in [0.25, 0.3) is 5.56 Å². The molecule has 0 atom stereocenters. The molecule has 0 saturated carbocycles. The third kappa shape index (κ3) is 4.23. The maximum Gasteiger partial charge on any atom is 0.264 e. The molecule has 0 bridgehead atoms. The van der Waals surface area contributed by atoms with E-state index in [4.69, 9.17) is 0 Å². The molecule has 0 radical (unpaired) electrons. The van der Waals surface area contributed by atoms with Crippen LogP contribution in [0.3, 0.4) is 0 Å². The highest BCUT2D eigenvalue weighted by molar-refractivity contribution is 9.10. The minimum atomic E-state index is -0.344. The van der Waals surface area contributed by atoms with E-state index >= 15 is 0 Å². The van der Waals surface area contributed by atoms with Gasteiger partial charge in [-0.3, -0.25) is 14.2 Å². The summed E-state index contributed by atoms with van der Waals surface area (Å²) in [5.41, 5.74) is 0.643. The predicted octanol–water partition coefficient (Wildman–Crippen LogP) is 2.70. The molecule has 2 heterocycles. The second-order valence-corrected chi connectivity index (χ2v) is 7.20. The summed E-state index contributed by atoms with van der Waals surface area (Å²) in [4.78, 5) is 37.2. The zero-order valence-corrected chi connectivity index (χ0v) is 15.7. The minimum absolute atomic E-state index is 0.136. The van der Waals surface area contributed by atoms with E-state index in [1.165, 1.54) is 28.9 Å². The molecule has 25 heavy (non-hydrogen) atoms. The number of halogens is 1. The number of nitrogens with one attached hydrogen (secondary N) is 1. The van der Waals surface area contributed by atoms with E-state index in [2.05, 4.69) is 36.2 Å². The summed E-state index contributed by atoms with van der Waals surface area (Å²) in [6.45, 7) is 1.86. The van der Waals surface area contributed by atoms with Crippen LogP contribution in [0.25, 0.3) is 11.0 Å². The van der Waals surface area contributed by atoms with Crippen molar-refractivity contribution in [2.45, 2.75) is 18.6 Å². The fourth-order valence-corrected chi connectivity index (χ4v) is 2.94. The molecule has 1 aromatic carbocycles. The van der Waals surface area contributed by atoms with Crippen molar-refractivity contribution >= 4 is 50.3 Å². The highest BCUT2D eigenvalue weighted by atomic mass is 79.9. The summed E-state index contributed by atoms with van der Waals surface area (Å²) in [5.74, 6) is 0.517. The summed E-state index contributed by atoms with van der Waals surface area (Å²) < 4.78 is 2.16. The van der Waals surface area contributed by atoms with E-state index in [0.29, 0.717) is 21.9 Å². The van der Waals surface area contributed by atoms with Crippen molar-refractivity contribution < 1.29 is 4.79 Å². The SMILES string of the molecule is CCSc1ncc2c(=O)n(CC(=O)Nc3ccc(Br)cc3)cnc2n1. The van der Waals surface area contributed by atoms with Crippen LogP contribution in [-0.2, 0) is 11.3 Å². The quantitative estimate of drug-likeness (QED) is 0.504. The number of carbonyl (C=O) groups is 1. The summed E-state index contributed by atoms with van der Waals surface area (Å²) in [6, 6.07) is 7.18. The first-order valence-electron chi connectivity index (χ1n) is 7.47. The van der Waals surface area contributed by atoms with Crippen molar-refractivity contribution in [3.63, 3.8) is 0 Å². The number of thioether (sulfide) groups is 1. The number of anilines is 1. The number of nitrogens with zero attached hydrogens (tertiary/aromatic N) is 4. The largest absolute Gasteiger partial charge is 0.325 e. The molecule has 0 unspecified atom stereocenters. The van der Waals surface area contributed by atoms with Crippen molar-refractivity contribution in [2.75, 3.05) is 11.1 Å². The van der Waals surface area contributed by atoms with E-state index in [1.807, 2.05) is 19.1 Å². The molecule has 3 aromatic rings. The zero-order valence-electron chi connectivity index (χ0n) is 13.3. The zero-order chi connectivity index (χ0) is 17.8. The number of benzene rings is 1. The van der Waals surface area contributed by atoms with Gasteiger partial charge in [0.2, 0.25) is 5.91 Å². The van der Waals surface area contributed by atoms with Crippen LogP contribution in [0.1, 0.15) is 6.92 Å². The maximum absolute atomic E-state index is 12.5. The predicted molar refractivity (Wildman–Crippen MR) is 101 cm³/mol. The number of amides is 1. The van der Waals surface area contributed by atoms with Crippen molar-refractivity contribution in [1.82, 2.24) is 19.5 Å². The molecule has 3 rings (SSSR count). The molecule has 0 spiro atoms. The molecule has 1 amide bonds. The van der Waals surface area contributed by atoms with Crippen LogP contribution in [0.5, 0.6) is 0 Å². The molecule has 0 saturated heterocycles. The summed E-state index contributed by atoms with van der Waals surface area (Å²) in [6.07, 6.45) is 2.79. The van der Waals surface area contributed by atoms with Crippen molar-refractivity contribution in [3.8, 4) is 0 Å². The topological polar surface area (TPSA) is 89.8 Å². The lowest BCUT2D eigenvalue weighted by atomic mass is 10.3. The van der Waals surface area contributed by atoms with Gasteiger partial charge in [-0.15, -0.1) is 0 Å². The Morgan fingerprint density at radius 2 is 2.04 bits per heavy atom. The minimum Gasteiger partial charge on any atom is -0.325 e. The molecular weight excluding hydrogens is 406 g/mol. The van der Waals surface area contributed by atoms with Crippen LogP contribution in [0, 0.1) is 0 Å². The Morgan fingerprint density at radius 1 is 1.28 bits per heavy atom. The Labute approximate surface area is 156 Å². The van der Waals surface area contributed by atoms with E-state index in [1.54, 1.807) is 12.1 Å². The molecule has 0 aliphatic carbocycles. The van der Waals surface area contributed by atoms with Gasteiger partial charge in [0.15, 0.2) is 10.8 Å². The third-order valence-electron chi connectivity index (χ3n) is 3.27. The first-order chi connectivity index (χ1) is 12.1. The average molecular weight is 420 g/mol. The maximum atomic E-state index is 12.5. The Kier molecular flexibility index (Phi) is 5.44. The summed E-state index contributed by atoms with van der Waals surface area (Å²) in [7, 11) is 0. The van der Waals surface area contributed by atoms with Crippen LogP contribution < -0.4 is 10.9 Å². The number of fused-ring (bicyclic) bond motifs is 1. The Balaban J connectivity index is 1.80. The molecule has 128 valence electrons. The highest BCUT2D eigenvalue weighted by Crippen LogP contribution is 2.15. The smallest absolute Gasteiger partial charge is 0.264 e. The normalized spacial score (nSPS) is 10.8. The van der Waals surface area contributed by atoms with Gasteiger partial charge in [0.05, 0.1) is 0 Å². The van der Waals surface area contributed by atoms with E-state index in [-0.39, 0.29) is 18.0 Å². The van der Waals surface area contributed by atoms with Gasteiger partial charge in [-0.2, -0.15) is 0 Å². The van der Waals surface area contributed by atoms with Gasteiger partial charge in [-0.05, 0) is 30.0 Å². The number of rotatable bonds is 5. The first kappa shape index (κ1) is 17.6. The van der Waals surface area contributed by atoms with E-state index < -0.39 is 0 Å². The highest BCUT2D eigenvalue weighted by Gasteiger charge is 2.10. The van der Waals surface area contributed by atoms with Crippen LogP contribution in [0.4, 0.5) is 5.69 Å². The van der Waals surface area contributed by atoms with Gasteiger partial charge in [0.1, 0.15) is 18.3 Å². The second kappa shape index (κ2) is 7.75. The third-order valence-corrected chi connectivity index (χ3v) is 4.54. The van der Waals surface area contributed by atoms with Gasteiger partial charge >= 0.3 is 0 Å². The number of hydrogen-bond donors (Lipinski definition) is 1. The number of hydrogen-bond acceptors (Lipinski definition) is 6. The van der Waals surface area contributed by atoms with Gasteiger partial charge < -0.3 is 5.32 Å².